The van der Waals surface area contributed by atoms with Crippen molar-refractivity contribution >= 4 is 15.9 Å². The van der Waals surface area contributed by atoms with Gasteiger partial charge < -0.3 is 5.11 Å². The molecule has 2 heteroatoms. The van der Waals surface area contributed by atoms with E-state index < -0.39 is 5.60 Å². The Kier molecular flexibility index (Phi) is 4.79. The van der Waals surface area contributed by atoms with Crippen LogP contribution in [0.4, 0.5) is 0 Å². The first-order valence-electron chi connectivity index (χ1n) is 6.19. The van der Waals surface area contributed by atoms with Crippen LogP contribution in [0.1, 0.15) is 52.5 Å². The summed E-state index contributed by atoms with van der Waals surface area (Å²) in [5.41, 5.74) is 0.622. The zero-order chi connectivity index (χ0) is 13.1. The molecule has 17 heavy (non-hydrogen) atoms. The van der Waals surface area contributed by atoms with Crippen LogP contribution < -0.4 is 0 Å². The molecule has 0 saturated heterocycles. The normalized spacial score (nSPS) is 15.6. The Morgan fingerprint density at radius 1 is 1.00 bits per heavy atom. The van der Waals surface area contributed by atoms with E-state index in [1.54, 1.807) is 0 Å². The molecule has 1 aromatic carbocycles. The van der Waals surface area contributed by atoms with E-state index in [0.29, 0.717) is 5.41 Å². The molecule has 0 fully saturated rings. The minimum absolute atomic E-state index is 0.343. The minimum Gasteiger partial charge on any atom is -0.385 e. The van der Waals surface area contributed by atoms with Crippen molar-refractivity contribution in [3.63, 3.8) is 0 Å². The molecule has 1 rings (SSSR count). The molecule has 0 aromatic heterocycles. The summed E-state index contributed by atoms with van der Waals surface area (Å²) in [6.07, 6.45) is 3.00. The summed E-state index contributed by atoms with van der Waals surface area (Å²) in [7, 11) is 0. The number of rotatable bonds is 4. The van der Waals surface area contributed by atoms with Crippen LogP contribution in [0, 0.1) is 5.41 Å². The van der Waals surface area contributed by atoms with E-state index in [2.05, 4.69) is 36.7 Å². The van der Waals surface area contributed by atoms with Gasteiger partial charge in [0.15, 0.2) is 0 Å². The molecule has 1 nitrogen and oxygen atoms in total. The summed E-state index contributed by atoms with van der Waals surface area (Å²) in [6.45, 7) is 8.61. The minimum atomic E-state index is -0.716. The lowest BCUT2D eigenvalue weighted by Crippen LogP contribution is -2.21. The molecule has 1 aromatic rings. The molecule has 96 valence electrons. The maximum Gasteiger partial charge on any atom is 0.0868 e. The average Bonchev–Trinajstić information content (AvgIpc) is 2.15. The lowest BCUT2D eigenvalue weighted by atomic mass is 9.85. The van der Waals surface area contributed by atoms with Crippen LogP contribution in [-0.2, 0) is 5.60 Å². The molecule has 1 N–H and O–H groups in total. The molecular formula is C15H23BrO. The second-order valence-electron chi connectivity index (χ2n) is 6.19. The highest BCUT2D eigenvalue weighted by Gasteiger charge is 2.23. The van der Waals surface area contributed by atoms with Gasteiger partial charge >= 0.3 is 0 Å². The number of hydrogen-bond donors (Lipinski definition) is 1. The van der Waals surface area contributed by atoms with Crippen LogP contribution in [0.3, 0.4) is 0 Å². The van der Waals surface area contributed by atoms with Gasteiger partial charge in [0, 0.05) is 4.47 Å². The highest BCUT2D eigenvalue weighted by atomic mass is 79.9. The van der Waals surface area contributed by atoms with Gasteiger partial charge in [-0.25, -0.2) is 0 Å². The summed E-state index contributed by atoms with van der Waals surface area (Å²) in [5.74, 6) is 0. The SMILES string of the molecule is CC(C)(C)CCCC(C)(O)c1ccc(Br)cc1. The standard InChI is InChI=1S/C15H23BrO/c1-14(2,3)10-5-11-15(4,17)12-6-8-13(16)9-7-12/h6-9,17H,5,10-11H2,1-4H3. The smallest absolute Gasteiger partial charge is 0.0868 e. The van der Waals surface area contributed by atoms with Crippen LogP contribution in [0.25, 0.3) is 0 Å². The maximum atomic E-state index is 10.5. The zero-order valence-electron chi connectivity index (χ0n) is 11.3. The molecule has 0 aliphatic rings. The zero-order valence-corrected chi connectivity index (χ0v) is 12.8. The third-order valence-electron chi connectivity index (χ3n) is 3.06. The third-order valence-corrected chi connectivity index (χ3v) is 3.59. The molecule has 0 heterocycles. The molecule has 0 spiro atoms. The molecule has 0 aliphatic carbocycles. The molecule has 0 radical (unpaired) electrons. The van der Waals surface area contributed by atoms with Gasteiger partial charge in [-0.05, 0) is 49.3 Å². The van der Waals surface area contributed by atoms with Crippen molar-refractivity contribution in [2.24, 2.45) is 5.41 Å². The topological polar surface area (TPSA) is 20.2 Å². The second kappa shape index (κ2) is 5.53. The highest BCUT2D eigenvalue weighted by Crippen LogP contribution is 2.30. The summed E-state index contributed by atoms with van der Waals surface area (Å²) in [6, 6.07) is 7.93. The maximum absolute atomic E-state index is 10.5. The van der Waals surface area contributed by atoms with Crippen LogP contribution in [0.2, 0.25) is 0 Å². The Balaban J connectivity index is 2.59. The molecule has 1 unspecified atom stereocenters. The summed E-state index contributed by atoms with van der Waals surface area (Å²) in [5, 5.41) is 10.5. The van der Waals surface area contributed by atoms with E-state index in [-0.39, 0.29) is 0 Å². The van der Waals surface area contributed by atoms with Crippen molar-refractivity contribution < 1.29 is 5.11 Å². The Morgan fingerprint density at radius 3 is 2.00 bits per heavy atom. The van der Waals surface area contributed by atoms with Crippen LogP contribution in [0.5, 0.6) is 0 Å². The van der Waals surface area contributed by atoms with E-state index in [0.717, 1.165) is 29.3 Å². The van der Waals surface area contributed by atoms with E-state index in [9.17, 15) is 5.11 Å². The van der Waals surface area contributed by atoms with E-state index in [4.69, 9.17) is 0 Å². The van der Waals surface area contributed by atoms with Gasteiger partial charge in [-0.2, -0.15) is 0 Å². The lowest BCUT2D eigenvalue weighted by Gasteiger charge is -2.26. The summed E-state index contributed by atoms with van der Waals surface area (Å²) < 4.78 is 1.05. The van der Waals surface area contributed by atoms with Gasteiger partial charge in [-0.15, -0.1) is 0 Å². The van der Waals surface area contributed by atoms with Crippen LogP contribution >= 0.6 is 15.9 Å². The van der Waals surface area contributed by atoms with Crippen molar-refractivity contribution in [3.05, 3.63) is 34.3 Å². The van der Waals surface area contributed by atoms with Gasteiger partial charge in [0.05, 0.1) is 5.60 Å². The molecule has 0 bridgehead atoms. The van der Waals surface area contributed by atoms with Gasteiger partial charge in [0.1, 0.15) is 0 Å². The number of halogens is 1. The molecule has 1 atom stereocenters. The van der Waals surface area contributed by atoms with Crippen LogP contribution in [0.15, 0.2) is 28.7 Å². The largest absolute Gasteiger partial charge is 0.385 e. The van der Waals surface area contributed by atoms with E-state index in [1.807, 2.05) is 31.2 Å². The van der Waals surface area contributed by atoms with E-state index >= 15 is 0 Å². The Labute approximate surface area is 113 Å². The molecule has 0 aliphatic heterocycles. The van der Waals surface area contributed by atoms with Gasteiger partial charge in [-0.1, -0.05) is 48.8 Å². The quantitative estimate of drug-likeness (QED) is 0.840. The first-order chi connectivity index (χ1) is 7.71. The lowest BCUT2D eigenvalue weighted by molar-refractivity contribution is 0.0424. The fraction of sp³-hybridized carbons (Fsp3) is 0.600. The molecule has 0 saturated carbocycles. The van der Waals surface area contributed by atoms with Crippen molar-refractivity contribution in [1.29, 1.82) is 0 Å². The van der Waals surface area contributed by atoms with Crippen molar-refractivity contribution in [1.82, 2.24) is 0 Å². The molecular weight excluding hydrogens is 276 g/mol. The first-order valence-corrected chi connectivity index (χ1v) is 6.98. The van der Waals surface area contributed by atoms with Gasteiger partial charge in [0.25, 0.3) is 0 Å². The fourth-order valence-electron chi connectivity index (χ4n) is 1.92. The first kappa shape index (κ1) is 14.7. The van der Waals surface area contributed by atoms with Crippen LogP contribution in [-0.4, -0.2) is 5.11 Å². The Hall–Kier alpha value is -0.340. The third kappa shape index (κ3) is 5.22. The summed E-state index contributed by atoms with van der Waals surface area (Å²) in [4.78, 5) is 0. The second-order valence-corrected chi connectivity index (χ2v) is 7.11. The van der Waals surface area contributed by atoms with E-state index in [1.165, 1.54) is 0 Å². The fourth-order valence-corrected chi connectivity index (χ4v) is 2.18. The van der Waals surface area contributed by atoms with Gasteiger partial charge in [-0.3, -0.25) is 0 Å². The average molecular weight is 299 g/mol. The highest BCUT2D eigenvalue weighted by molar-refractivity contribution is 9.10. The van der Waals surface area contributed by atoms with Crippen molar-refractivity contribution in [2.45, 2.75) is 52.6 Å². The Bertz CT molecular complexity index is 346. The number of hydrogen-bond acceptors (Lipinski definition) is 1. The summed E-state index contributed by atoms with van der Waals surface area (Å²) >= 11 is 3.41. The van der Waals surface area contributed by atoms with Crippen molar-refractivity contribution in [3.8, 4) is 0 Å². The number of aliphatic hydroxyl groups is 1. The Morgan fingerprint density at radius 2 is 1.53 bits per heavy atom. The monoisotopic (exact) mass is 298 g/mol. The predicted molar refractivity (Wildman–Crippen MR) is 77.0 cm³/mol. The van der Waals surface area contributed by atoms with Crippen molar-refractivity contribution in [2.75, 3.05) is 0 Å². The predicted octanol–water partition coefficient (Wildman–Crippen LogP) is 4.87. The molecule has 0 amide bonds. The van der Waals surface area contributed by atoms with Gasteiger partial charge in [0.2, 0.25) is 0 Å². The number of benzene rings is 1.